The largest absolute Gasteiger partial charge is 0.503 e. The smallest absolute Gasteiger partial charge is 0.176 e. The second-order valence-electron chi connectivity index (χ2n) is 6.30. The minimum atomic E-state index is -0.162. The number of pyridine rings is 1. The summed E-state index contributed by atoms with van der Waals surface area (Å²) in [7, 11) is 1.43. The average Bonchev–Trinajstić information content (AvgIpc) is 3.04. The molecule has 0 bridgehead atoms. The first-order valence-electron chi connectivity index (χ1n) is 8.71. The Bertz CT molecular complexity index is 1090. The third kappa shape index (κ3) is 3.35. The number of hydrogen-bond acceptors (Lipinski definition) is 6. The maximum atomic E-state index is 10.0. The van der Waals surface area contributed by atoms with Gasteiger partial charge in [0.25, 0.3) is 0 Å². The molecule has 0 radical (unpaired) electrons. The molecule has 0 amide bonds. The van der Waals surface area contributed by atoms with Gasteiger partial charge in [0.1, 0.15) is 17.5 Å². The molecule has 3 N–H and O–H groups in total. The number of halogens is 1. The lowest BCUT2D eigenvalue weighted by molar-refractivity contribution is 0.374. The number of methoxy groups -OCH3 is 1. The van der Waals surface area contributed by atoms with Gasteiger partial charge in [0, 0.05) is 23.4 Å². The number of nitriles is 1. The summed E-state index contributed by atoms with van der Waals surface area (Å²) in [5.41, 5.74) is 9.86. The summed E-state index contributed by atoms with van der Waals surface area (Å²) in [6.45, 7) is 4.85. The molecule has 2 heterocycles. The van der Waals surface area contributed by atoms with Crippen LogP contribution in [0.3, 0.4) is 0 Å². The van der Waals surface area contributed by atoms with Crippen LogP contribution >= 0.6 is 11.6 Å². The van der Waals surface area contributed by atoms with Crippen LogP contribution in [0.4, 0.5) is 5.82 Å². The summed E-state index contributed by atoms with van der Waals surface area (Å²) in [6, 6.07) is 7.04. The van der Waals surface area contributed by atoms with E-state index < -0.39 is 0 Å². The molecule has 1 aromatic carbocycles. The van der Waals surface area contributed by atoms with E-state index in [0.29, 0.717) is 16.8 Å². The molecule has 3 rings (SSSR count). The first-order chi connectivity index (χ1) is 13.4. The number of aromatic hydroxyl groups is 1. The van der Waals surface area contributed by atoms with Gasteiger partial charge in [0.2, 0.25) is 0 Å². The number of nitrogens with two attached hydrogens (primary N) is 1. The van der Waals surface area contributed by atoms with Gasteiger partial charge in [-0.3, -0.25) is 4.68 Å². The van der Waals surface area contributed by atoms with Gasteiger partial charge in [-0.2, -0.15) is 10.4 Å². The number of anilines is 1. The zero-order valence-corrected chi connectivity index (χ0v) is 16.6. The zero-order valence-electron chi connectivity index (χ0n) is 15.8. The highest BCUT2D eigenvalue weighted by Gasteiger charge is 2.19. The summed E-state index contributed by atoms with van der Waals surface area (Å²) in [4.78, 5) is 4.41. The van der Waals surface area contributed by atoms with E-state index in [0.717, 1.165) is 24.2 Å². The Hall–Kier alpha value is -3.24. The zero-order chi connectivity index (χ0) is 20.4. The predicted molar refractivity (Wildman–Crippen MR) is 108 cm³/mol. The summed E-state index contributed by atoms with van der Waals surface area (Å²) in [5, 5.41) is 24.1. The van der Waals surface area contributed by atoms with Crippen molar-refractivity contribution in [2.45, 2.75) is 26.8 Å². The van der Waals surface area contributed by atoms with Gasteiger partial charge in [0.15, 0.2) is 11.5 Å². The minimum Gasteiger partial charge on any atom is -0.503 e. The lowest BCUT2D eigenvalue weighted by Gasteiger charge is -2.13. The van der Waals surface area contributed by atoms with Crippen molar-refractivity contribution in [3.8, 4) is 40.0 Å². The lowest BCUT2D eigenvalue weighted by Crippen LogP contribution is -2.02. The average molecular weight is 398 g/mol. The minimum absolute atomic E-state index is 0.112. The van der Waals surface area contributed by atoms with E-state index in [2.05, 4.69) is 23.1 Å². The van der Waals surface area contributed by atoms with Crippen LogP contribution in [0.5, 0.6) is 11.5 Å². The third-order valence-electron chi connectivity index (χ3n) is 4.53. The monoisotopic (exact) mass is 397 g/mol. The summed E-state index contributed by atoms with van der Waals surface area (Å²) in [6.07, 6.45) is 2.70. The Morgan fingerprint density at radius 3 is 2.71 bits per heavy atom. The number of hydrogen-bond donors (Lipinski definition) is 2. The van der Waals surface area contributed by atoms with E-state index in [4.69, 9.17) is 22.1 Å². The van der Waals surface area contributed by atoms with Crippen LogP contribution in [0.2, 0.25) is 5.02 Å². The topological polar surface area (TPSA) is 110 Å². The van der Waals surface area contributed by atoms with Crippen molar-refractivity contribution in [2.24, 2.45) is 0 Å². The second-order valence-corrected chi connectivity index (χ2v) is 6.71. The van der Waals surface area contributed by atoms with E-state index in [-0.39, 0.29) is 27.9 Å². The fourth-order valence-corrected chi connectivity index (χ4v) is 3.28. The number of phenolic OH excluding ortho intramolecular Hbond substituents is 1. The van der Waals surface area contributed by atoms with Gasteiger partial charge in [-0.05, 0) is 37.1 Å². The van der Waals surface area contributed by atoms with Crippen LogP contribution < -0.4 is 10.5 Å². The molecule has 0 unspecified atom stereocenters. The van der Waals surface area contributed by atoms with Gasteiger partial charge < -0.3 is 15.6 Å². The molecule has 8 heteroatoms. The number of nitrogens with zero attached hydrogens (tertiary/aromatic N) is 4. The highest BCUT2D eigenvalue weighted by Crippen LogP contribution is 2.40. The van der Waals surface area contributed by atoms with Crippen molar-refractivity contribution in [3.63, 3.8) is 0 Å². The number of ether oxygens (including phenoxy) is 1. The Morgan fingerprint density at radius 2 is 2.07 bits per heavy atom. The fraction of sp³-hybridized carbons (Fsp3) is 0.250. The Morgan fingerprint density at radius 1 is 1.32 bits per heavy atom. The molecule has 0 spiro atoms. The summed E-state index contributed by atoms with van der Waals surface area (Å²) in [5.74, 6) is 0.154. The molecule has 0 saturated heterocycles. The van der Waals surface area contributed by atoms with Crippen molar-refractivity contribution in [1.82, 2.24) is 14.8 Å². The molecule has 7 nitrogen and oxygen atoms in total. The number of phenols is 1. The van der Waals surface area contributed by atoms with E-state index in [1.54, 1.807) is 24.4 Å². The third-order valence-corrected chi connectivity index (χ3v) is 4.82. The van der Waals surface area contributed by atoms with Crippen molar-refractivity contribution < 1.29 is 9.84 Å². The highest BCUT2D eigenvalue weighted by molar-refractivity contribution is 6.32. The Labute approximate surface area is 168 Å². The van der Waals surface area contributed by atoms with E-state index in [1.165, 1.54) is 7.11 Å². The van der Waals surface area contributed by atoms with Crippen LogP contribution in [-0.4, -0.2) is 27.0 Å². The van der Waals surface area contributed by atoms with E-state index in [9.17, 15) is 10.4 Å². The van der Waals surface area contributed by atoms with E-state index in [1.807, 2.05) is 11.6 Å². The van der Waals surface area contributed by atoms with Crippen molar-refractivity contribution in [1.29, 1.82) is 5.26 Å². The molecule has 0 fully saturated rings. The second kappa shape index (κ2) is 7.79. The van der Waals surface area contributed by atoms with Crippen molar-refractivity contribution >= 4 is 17.4 Å². The lowest BCUT2D eigenvalue weighted by atomic mass is 9.98. The maximum Gasteiger partial charge on any atom is 0.176 e. The molecular weight excluding hydrogens is 378 g/mol. The predicted octanol–water partition coefficient (Wildman–Crippen LogP) is 4.15. The SMILES string of the molecule is CCCn1ncc(-c2cc(-c3cc(Cl)c(O)c(OC)c3)c(C#N)c(N)n2)c1C. The van der Waals surface area contributed by atoms with Crippen molar-refractivity contribution in [2.75, 3.05) is 12.8 Å². The van der Waals surface area contributed by atoms with Crippen LogP contribution in [0.25, 0.3) is 22.4 Å². The van der Waals surface area contributed by atoms with Gasteiger partial charge in [-0.25, -0.2) is 4.98 Å². The summed E-state index contributed by atoms with van der Waals surface area (Å²) >= 11 is 6.13. The maximum absolute atomic E-state index is 10.0. The standard InChI is InChI=1S/C20H20ClN5O2/c1-4-5-26-11(2)15(10-24-26)17-8-13(14(9-22)20(23)25-17)12-6-16(21)19(27)18(7-12)28-3/h6-8,10,27H,4-5H2,1-3H3,(H2,23,25). The molecule has 28 heavy (non-hydrogen) atoms. The van der Waals surface area contributed by atoms with Gasteiger partial charge in [0.05, 0.1) is 24.0 Å². The number of rotatable bonds is 5. The molecule has 2 aromatic heterocycles. The molecule has 0 saturated carbocycles. The van der Waals surface area contributed by atoms with Crippen LogP contribution in [0.1, 0.15) is 24.6 Å². The Balaban J connectivity index is 2.23. The fourth-order valence-electron chi connectivity index (χ4n) is 3.07. The van der Waals surface area contributed by atoms with E-state index >= 15 is 0 Å². The summed E-state index contributed by atoms with van der Waals surface area (Å²) < 4.78 is 7.09. The van der Waals surface area contributed by atoms with Crippen LogP contribution in [-0.2, 0) is 6.54 Å². The Kier molecular flexibility index (Phi) is 5.43. The molecule has 3 aromatic rings. The molecular formula is C20H20ClN5O2. The number of aromatic nitrogens is 3. The quantitative estimate of drug-likeness (QED) is 0.669. The molecule has 144 valence electrons. The number of nitrogen functional groups attached to an aromatic ring is 1. The van der Waals surface area contributed by atoms with Crippen LogP contribution in [0.15, 0.2) is 24.4 Å². The first kappa shape index (κ1) is 19.5. The molecule has 0 atom stereocenters. The molecule has 0 aliphatic carbocycles. The van der Waals surface area contributed by atoms with Crippen molar-refractivity contribution in [3.05, 3.63) is 40.7 Å². The number of aryl methyl sites for hydroxylation is 1. The molecule has 0 aliphatic rings. The normalized spacial score (nSPS) is 10.7. The van der Waals surface area contributed by atoms with Gasteiger partial charge in [-0.1, -0.05) is 18.5 Å². The number of benzene rings is 1. The molecule has 0 aliphatic heterocycles. The first-order valence-corrected chi connectivity index (χ1v) is 9.09. The highest BCUT2D eigenvalue weighted by atomic mass is 35.5. The van der Waals surface area contributed by atoms with Gasteiger partial charge in [-0.15, -0.1) is 0 Å². The van der Waals surface area contributed by atoms with Gasteiger partial charge >= 0.3 is 0 Å². The van der Waals surface area contributed by atoms with Crippen LogP contribution in [0, 0.1) is 18.3 Å².